The fourth-order valence-corrected chi connectivity index (χ4v) is 3.25. The van der Waals surface area contributed by atoms with Gasteiger partial charge in [0.2, 0.25) is 0 Å². The number of nitrogens with zero attached hydrogens (tertiary/aromatic N) is 2. The molecule has 0 aliphatic rings. The van der Waals surface area contributed by atoms with Crippen molar-refractivity contribution in [3.05, 3.63) is 70.2 Å². The van der Waals surface area contributed by atoms with Gasteiger partial charge in [-0.3, -0.25) is 9.79 Å². The van der Waals surface area contributed by atoms with Gasteiger partial charge in [-0.25, -0.2) is 0 Å². The predicted molar refractivity (Wildman–Crippen MR) is 142 cm³/mol. The van der Waals surface area contributed by atoms with E-state index < -0.39 is 0 Å². The van der Waals surface area contributed by atoms with E-state index in [1.165, 1.54) is 0 Å². The van der Waals surface area contributed by atoms with E-state index in [2.05, 4.69) is 37.5 Å². The Morgan fingerprint density at radius 2 is 1.81 bits per heavy atom. The van der Waals surface area contributed by atoms with Crippen molar-refractivity contribution in [2.24, 2.45) is 4.99 Å². The summed E-state index contributed by atoms with van der Waals surface area (Å²) in [4.78, 5) is 18.5. The highest BCUT2D eigenvalue weighted by Crippen LogP contribution is 2.25. The summed E-state index contributed by atoms with van der Waals surface area (Å²) < 4.78 is 0. The van der Waals surface area contributed by atoms with Crippen LogP contribution in [0.2, 0.25) is 5.02 Å². The highest BCUT2D eigenvalue weighted by molar-refractivity contribution is 14.0. The number of aliphatic imine (C=N–C) groups is 1. The van der Waals surface area contributed by atoms with E-state index in [0.717, 1.165) is 41.6 Å². The SMILES string of the molecule is CCNC(=NCC(C)(C)c1cccc(Cl)c1)NCCc1cccc(C(=O)N(C)C)c1.I. The monoisotopic (exact) mass is 556 g/mol. The van der Waals surface area contributed by atoms with Crippen LogP contribution < -0.4 is 10.6 Å². The maximum absolute atomic E-state index is 12.2. The second kappa shape index (κ2) is 12.9. The minimum absolute atomic E-state index is 0. The fraction of sp³-hybridized carbons (Fsp3) is 0.417. The smallest absolute Gasteiger partial charge is 0.253 e. The maximum Gasteiger partial charge on any atom is 0.253 e. The van der Waals surface area contributed by atoms with Crippen molar-refractivity contribution in [1.82, 2.24) is 15.5 Å². The Kier molecular flexibility index (Phi) is 11.3. The Morgan fingerprint density at radius 3 is 2.45 bits per heavy atom. The van der Waals surface area contributed by atoms with Crippen LogP contribution in [0, 0.1) is 0 Å². The van der Waals surface area contributed by atoms with Gasteiger partial charge in [0.05, 0.1) is 6.54 Å². The lowest BCUT2D eigenvalue weighted by molar-refractivity contribution is 0.0827. The van der Waals surface area contributed by atoms with Crippen molar-refractivity contribution in [3.8, 4) is 0 Å². The lowest BCUT2D eigenvalue weighted by atomic mass is 9.85. The summed E-state index contributed by atoms with van der Waals surface area (Å²) in [6.45, 7) is 8.53. The van der Waals surface area contributed by atoms with E-state index in [1.807, 2.05) is 42.5 Å². The van der Waals surface area contributed by atoms with Gasteiger partial charge in [-0.05, 0) is 48.7 Å². The van der Waals surface area contributed by atoms with Crippen LogP contribution in [0.25, 0.3) is 0 Å². The predicted octanol–water partition coefficient (Wildman–Crippen LogP) is 4.74. The molecule has 0 radical (unpaired) electrons. The van der Waals surface area contributed by atoms with E-state index in [4.69, 9.17) is 16.6 Å². The topological polar surface area (TPSA) is 56.7 Å². The van der Waals surface area contributed by atoms with Crippen LogP contribution in [0.5, 0.6) is 0 Å². The Bertz CT molecular complexity index is 883. The number of amides is 1. The summed E-state index contributed by atoms with van der Waals surface area (Å²) in [6, 6.07) is 15.7. The molecule has 0 aliphatic heterocycles. The molecule has 0 spiro atoms. The van der Waals surface area contributed by atoms with E-state index in [9.17, 15) is 4.79 Å². The zero-order valence-electron chi connectivity index (χ0n) is 19.0. The molecule has 0 aliphatic carbocycles. The van der Waals surface area contributed by atoms with Gasteiger partial charge >= 0.3 is 0 Å². The van der Waals surface area contributed by atoms with Gasteiger partial charge in [0.1, 0.15) is 0 Å². The molecule has 0 fully saturated rings. The normalized spacial score (nSPS) is 11.5. The van der Waals surface area contributed by atoms with Gasteiger partial charge in [0.25, 0.3) is 5.91 Å². The second-order valence-electron chi connectivity index (χ2n) is 8.17. The molecule has 2 rings (SSSR count). The Hall–Kier alpha value is -1.80. The minimum atomic E-state index is -0.131. The van der Waals surface area contributed by atoms with Crippen LogP contribution in [0.15, 0.2) is 53.5 Å². The number of carbonyl (C=O) groups is 1. The molecule has 2 N–H and O–H groups in total. The summed E-state index contributed by atoms with van der Waals surface area (Å²) >= 11 is 6.15. The lowest BCUT2D eigenvalue weighted by Gasteiger charge is -2.24. The molecule has 0 unspecified atom stereocenters. The molecule has 5 nitrogen and oxygen atoms in total. The Morgan fingerprint density at radius 1 is 1.10 bits per heavy atom. The number of halogens is 2. The standard InChI is InChI=1S/C24H33ClN4O.HI/c1-6-26-23(28-17-24(2,3)20-11-8-12-21(25)16-20)27-14-13-18-9-7-10-19(15-18)22(30)29(4)5;/h7-12,15-16H,6,13-14,17H2,1-5H3,(H2,26,27,28);1H. The minimum Gasteiger partial charge on any atom is -0.357 e. The zero-order valence-corrected chi connectivity index (χ0v) is 22.1. The number of nitrogens with one attached hydrogen (secondary N) is 2. The molecule has 0 bridgehead atoms. The molecule has 0 atom stereocenters. The zero-order chi connectivity index (χ0) is 22.1. The van der Waals surface area contributed by atoms with E-state index in [0.29, 0.717) is 12.1 Å². The summed E-state index contributed by atoms with van der Waals surface area (Å²) in [7, 11) is 3.53. The highest BCUT2D eigenvalue weighted by Gasteiger charge is 2.20. The molecular formula is C24H34ClIN4O. The van der Waals surface area contributed by atoms with E-state index >= 15 is 0 Å². The van der Waals surface area contributed by atoms with Gasteiger partial charge in [-0.1, -0.05) is 49.7 Å². The van der Waals surface area contributed by atoms with Crippen molar-refractivity contribution < 1.29 is 4.79 Å². The first-order chi connectivity index (χ1) is 14.2. The molecular weight excluding hydrogens is 523 g/mol. The van der Waals surface area contributed by atoms with E-state index in [1.54, 1.807) is 19.0 Å². The van der Waals surface area contributed by atoms with E-state index in [-0.39, 0.29) is 35.3 Å². The largest absolute Gasteiger partial charge is 0.357 e. The molecule has 0 saturated carbocycles. The average molecular weight is 557 g/mol. The molecule has 7 heteroatoms. The molecule has 31 heavy (non-hydrogen) atoms. The molecule has 0 aromatic heterocycles. The Labute approximate surface area is 208 Å². The third-order valence-corrected chi connectivity index (χ3v) is 5.10. The van der Waals surface area contributed by atoms with Crippen LogP contribution in [0.1, 0.15) is 42.3 Å². The summed E-state index contributed by atoms with van der Waals surface area (Å²) in [5.41, 5.74) is 2.86. The second-order valence-corrected chi connectivity index (χ2v) is 8.60. The van der Waals surface area contributed by atoms with Gasteiger partial charge in [0.15, 0.2) is 5.96 Å². The number of hydrogen-bond acceptors (Lipinski definition) is 2. The van der Waals surface area contributed by atoms with Crippen molar-refractivity contribution in [1.29, 1.82) is 0 Å². The lowest BCUT2D eigenvalue weighted by Crippen LogP contribution is -2.39. The first-order valence-electron chi connectivity index (χ1n) is 10.3. The van der Waals surface area contributed by atoms with Gasteiger partial charge < -0.3 is 15.5 Å². The van der Waals surface area contributed by atoms with Crippen LogP contribution in [-0.2, 0) is 11.8 Å². The average Bonchev–Trinajstić information content (AvgIpc) is 2.71. The molecule has 0 saturated heterocycles. The third kappa shape index (κ3) is 8.69. The maximum atomic E-state index is 12.2. The summed E-state index contributed by atoms with van der Waals surface area (Å²) in [5.74, 6) is 0.802. The fourth-order valence-electron chi connectivity index (χ4n) is 3.06. The van der Waals surface area contributed by atoms with Crippen LogP contribution in [0.3, 0.4) is 0 Å². The quantitative estimate of drug-likeness (QED) is 0.281. The van der Waals surface area contributed by atoms with Crippen LogP contribution in [0.4, 0.5) is 0 Å². The van der Waals surface area contributed by atoms with Gasteiger partial charge in [-0.2, -0.15) is 0 Å². The van der Waals surface area contributed by atoms with Crippen molar-refractivity contribution in [2.45, 2.75) is 32.6 Å². The summed E-state index contributed by atoms with van der Waals surface area (Å²) in [6.07, 6.45) is 0.802. The first kappa shape index (κ1) is 27.2. The number of rotatable bonds is 8. The van der Waals surface area contributed by atoms with Crippen LogP contribution >= 0.6 is 35.6 Å². The number of guanidine groups is 1. The number of carbonyl (C=O) groups excluding carboxylic acids is 1. The molecule has 170 valence electrons. The Balaban J connectivity index is 0.00000480. The van der Waals surface area contributed by atoms with Gasteiger partial charge in [0, 0.05) is 43.2 Å². The van der Waals surface area contributed by atoms with Crippen molar-refractivity contribution in [2.75, 3.05) is 33.7 Å². The summed E-state index contributed by atoms with van der Waals surface area (Å²) in [5, 5.41) is 7.43. The first-order valence-corrected chi connectivity index (χ1v) is 10.7. The van der Waals surface area contributed by atoms with Crippen molar-refractivity contribution in [3.63, 3.8) is 0 Å². The van der Waals surface area contributed by atoms with Crippen LogP contribution in [-0.4, -0.2) is 50.5 Å². The van der Waals surface area contributed by atoms with Crippen molar-refractivity contribution >= 4 is 47.4 Å². The molecule has 0 heterocycles. The molecule has 2 aromatic rings. The molecule has 1 amide bonds. The number of benzene rings is 2. The highest BCUT2D eigenvalue weighted by atomic mass is 127. The van der Waals surface area contributed by atoms with Gasteiger partial charge in [-0.15, -0.1) is 24.0 Å². The molecule has 2 aromatic carbocycles. The third-order valence-electron chi connectivity index (χ3n) is 4.87. The number of hydrogen-bond donors (Lipinski definition) is 2.